The largest absolute Gasteiger partial charge is 0.471 e. The van der Waals surface area contributed by atoms with Crippen LogP contribution < -0.4 is 10.3 Å². The molecular weight excluding hydrogens is 240 g/mol. The van der Waals surface area contributed by atoms with E-state index in [2.05, 4.69) is 10.2 Å². The predicted molar refractivity (Wildman–Crippen MR) is 73.1 cm³/mol. The fraction of sp³-hybridized carbons (Fsp3) is 0.0667. The van der Waals surface area contributed by atoms with Crippen molar-refractivity contribution < 1.29 is 4.74 Å². The van der Waals surface area contributed by atoms with E-state index in [-0.39, 0.29) is 5.56 Å². The molecule has 0 atom stereocenters. The van der Waals surface area contributed by atoms with Gasteiger partial charge in [-0.25, -0.2) is 5.10 Å². The molecule has 4 nitrogen and oxygen atoms in total. The van der Waals surface area contributed by atoms with Gasteiger partial charge in [0.2, 0.25) is 5.88 Å². The molecule has 1 aromatic heterocycles. The Kier molecular flexibility index (Phi) is 2.98. The average Bonchev–Trinajstić information content (AvgIpc) is 2.48. The average molecular weight is 252 g/mol. The third-order valence-electron chi connectivity index (χ3n) is 2.88. The van der Waals surface area contributed by atoms with Crippen LogP contribution in [0.15, 0.2) is 59.4 Å². The number of aromatic amines is 1. The van der Waals surface area contributed by atoms with E-state index in [9.17, 15) is 4.79 Å². The van der Waals surface area contributed by atoms with Gasteiger partial charge in [-0.3, -0.25) is 4.79 Å². The van der Waals surface area contributed by atoms with Crippen LogP contribution in [0.5, 0.6) is 5.88 Å². The Morgan fingerprint density at radius 3 is 2.42 bits per heavy atom. The van der Waals surface area contributed by atoms with Crippen molar-refractivity contribution >= 4 is 10.8 Å². The molecule has 1 N–H and O–H groups in total. The Balaban J connectivity index is 1.94. The number of H-pyrrole nitrogens is 1. The van der Waals surface area contributed by atoms with Crippen molar-refractivity contribution in [2.24, 2.45) is 0 Å². The molecule has 3 rings (SSSR count). The second kappa shape index (κ2) is 4.94. The Morgan fingerprint density at radius 2 is 1.63 bits per heavy atom. The highest BCUT2D eigenvalue weighted by Crippen LogP contribution is 2.19. The van der Waals surface area contributed by atoms with Crippen LogP contribution in [0.4, 0.5) is 0 Å². The summed E-state index contributed by atoms with van der Waals surface area (Å²) in [5, 5.41) is 7.72. The fourth-order valence-corrected chi connectivity index (χ4v) is 1.93. The van der Waals surface area contributed by atoms with Gasteiger partial charge in [-0.05, 0) is 17.7 Å². The molecule has 0 amide bonds. The highest BCUT2D eigenvalue weighted by molar-refractivity contribution is 5.85. The number of nitrogens with zero attached hydrogens (tertiary/aromatic N) is 1. The zero-order valence-corrected chi connectivity index (χ0v) is 10.2. The molecule has 3 aromatic rings. The second-order valence-electron chi connectivity index (χ2n) is 4.18. The van der Waals surface area contributed by atoms with Gasteiger partial charge in [0, 0.05) is 0 Å². The molecule has 0 unspecified atom stereocenters. The molecule has 0 radical (unpaired) electrons. The first kappa shape index (κ1) is 11.5. The van der Waals surface area contributed by atoms with Gasteiger partial charge in [-0.2, -0.15) is 0 Å². The lowest BCUT2D eigenvalue weighted by Gasteiger charge is -2.07. The van der Waals surface area contributed by atoms with Gasteiger partial charge < -0.3 is 4.74 Å². The van der Waals surface area contributed by atoms with Crippen molar-refractivity contribution in [3.05, 3.63) is 70.5 Å². The van der Waals surface area contributed by atoms with Gasteiger partial charge in [-0.15, -0.1) is 5.10 Å². The summed E-state index contributed by atoms with van der Waals surface area (Å²) >= 11 is 0. The summed E-state index contributed by atoms with van der Waals surface area (Å²) in [5.41, 5.74) is 0.849. The summed E-state index contributed by atoms with van der Waals surface area (Å²) in [6.45, 7) is 0.421. The smallest absolute Gasteiger partial charge is 0.272 e. The maximum absolute atomic E-state index is 11.6. The number of hydrogen-bond acceptors (Lipinski definition) is 3. The topological polar surface area (TPSA) is 55.0 Å². The van der Waals surface area contributed by atoms with Crippen molar-refractivity contribution in [3.8, 4) is 5.88 Å². The normalized spacial score (nSPS) is 10.5. The Bertz CT molecular complexity index is 751. The number of ether oxygens (including phenoxy) is 1. The van der Waals surface area contributed by atoms with Gasteiger partial charge in [0.1, 0.15) is 6.61 Å². The van der Waals surface area contributed by atoms with Crippen LogP contribution in [-0.2, 0) is 6.61 Å². The number of nitrogens with one attached hydrogen (secondary N) is 1. The molecular formula is C15H12N2O2. The lowest BCUT2D eigenvalue weighted by molar-refractivity contribution is 0.294. The Morgan fingerprint density at radius 1 is 0.947 bits per heavy atom. The Labute approximate surface area is 109 Å². The first-order valence-electron chi connectivity index (χ1n) is 5.99. The molecule has 0 aliphatic rings. The van der Waals surface area contributed by atoms with Crippen LogP contribution in [0.25, 0.3) is 10.8 Å². The molecule has 0 spiro atoms. The van der Waals surface area contributed by atoms with Crippen LogP contribution in [0.2, 0.25) is 0 Å². The number of rotatable bonds is 3. The van der Waals surface area contributed by atoms with E-state index in [0.29, 0.717) is 17.9 Å². The van der Waals surface area contributed by atoms with Crippen LogP contribution in [0.3, 0.4) is 0 Å². The molecule has 2 aromatic carbocycles. The quantitative estimate of drug-likeness (QED) is 0.779. The molecule has 0 saturated carbocycles. The van der Waals surface area contributed by atoms with Crippen molar-refractivity contribution in [2.45, 2.75) is 6.61 Å². The van der Waals surface area contributed by atoms with Gasteiger partial charge in [0.05, 0.1) is 10.8 Å². The number of fused-ring (bicyclic) bond motifs is 1. The molecule has 0 fully saturated rings. The number of benzene rings is 2. The third kappa shape index (κ3) is 2.33. The van der Waals surface area contributed by atoms with Gasteiger partial charge >= 0.3 is 0 Å². The van der Waals surface area contributed by atoms with E-state index in [4.69, 9.17) is 4.74 Å². The van der Waals surface area contributed by atoms with E-state index >= 15 is 0 Å². The fourth-order valence-electron chi connectivity index (χ4n) is 1.93. The number of hydrogen-bond donors (Lipinski definition) is 1. The van der Waals surface area contributed by atoms with E-state index in [1.165, 1.54) is 0 Å². The minimum absolute atomic E-state index is 0.206. The van der Waals surface area contributed by atoms with Crippen molar-refractivity contribution in [2.75, 3.05) is 0 Å². The van der Waals surface area contributed by atoms with E-state index in [1.54, 1.807) is 6.07 Å². The van der Waals surface area contributed by atoms with E-state index < -0.39 is 0 Å². The first-order valence-corrected chi connectivity index (χ1v) is 5.99. The maximum atomic E-state index is 11.6. The SMILES string of the molecule is O=c1[nH]nc(OCc2ccccc2)c2ccccc12. The number of aromatic nitrogens is 2. The zero-order valence-electron chi connectivity index (χ0n) is 10.2. The van der Waals surface area contributed by atoms with Crippen LogP contribution in [0.1, 0.15) is 5.56 Å². The maximum Gasteiger partial charge on any atom is 0.272 e. The van der Waals surface area contributed by atoms with E-state index in [0.717, 1.165) is 10.9 Å². The molecule has 4 heteroatoms. The molecule has 0 aliphatic heterocycles. The third-order valence-corrected chi connectivity index (χ3v) is 2.88. The van der Waals surface area contributed by atoms with Crippen LogP contribution in [0, 0.1) is 0 Å². The monoisotopic (exact) mass is 252 g/mol. The van der Waals surface area contributed by atoms with Crippen molar-refractivity contribution in [3.63, 3.8) is 0 Å². The molecule has 94 valence electrons. The van der Waals surface area contributed by atoms with Crippen LogP contribution in [-0.4, -0.2) is 10.2 Å². The lowest BCUT2D eigenvalue weighted by atomic mass is 10.2. The van der Waals surface area contributed by atoms with E-state index in [1.807, 2.05) is 48.5 Å². The summed E-state index contributed by atoms with van der Waals surface area (Å²) in [4.78, 5) is 11.6. The standard InChI is InChI=1S/C15H12N2O2/c18-14-12-8-4-5-9-13(12)15(17-16-14)19-10-11-6-2-1-3-7-11/h1-9H,10H2,(H,16,18). The van der Waals surface area contributed by atoms with Gasteiger partial charge in [0.15, 0.2) is 0 Å². The van der Waals surface area contributed by atoms with Crippen LogP contribution >= 0.6 is 0 Å². The second-order valence-corrected chi connectivity index (χ2v) is 4.18. The zero-order chi connectivity index (χ0) is 13.1. The highest BCUT2D eigenvalue weighted by atomic mass is 16.5. The summed E-state index contributed by atoms with van der Waals surface area (Å²) < 4.78 is 5.68. The lowest BCUT2D eigenvalue weighted by Crippen LogP contribution is -2.10. The van der Waals surface area contributed by atoms with Gasteiger partial charge in [-0.1, -0.05) is 42.5 Å². The molecule has 0 bridgehead atoms. The first-order chi connectivity index (χ1) is 9.34. The molecule has 19 heavy (non-hydrogen) atoms. The minimum Gasteiger partial charge on any atom is -0.471 e. The van der Waals surface area contributed by atoms with Crippen molar-refractivity contribution in [1.29, 1.82) is 0 Å². The molecule has 0 saturated heterocycles. The highest BCUT2D eigenvalue weighted by Gasteiger charge is 2.06. The summed E-state index contributed by atoms with van der Waals surface area (Å²) in [6.07, 6.45) is 0. The molecule has 0 aliphatic carbocycles. The van der Waals surface area contributed by atoms with Gasteiger partial charge in [0.25, 0.3) is 5.56 Å². The molecule has 1 heterocycles. The minimum atomic E-state index is -0.206. The predicted octanol–water partition coefficient (Wildman–Crippen LogP) is 2.50. The van der Waals surface area contributed by atoms with Crippen molar-refractivity contribution in [1.82, 2.24) is 10.2 Å². The summed E-state index contributed by atoms with van der Waals surface area (Å²) in [7, 11) is 0. The summed E-state index contributed by atoms with van der Waals surface area (Å²) in [6, 6.07) is 17.1. The summed E-state index contributed by atoms with van der Waals surface area (Å²) in [5.74, 6) is 0.444. The Hall–Kier alpha value is -2.62.